The summed E-state index contributed by atoms with van der Waals surface area (Å²) < 4.78 is 15.2. The van der Waals surface area contributed by atoms with Gasteiger partial charge in [0.1, 0.15) is 12.4 Å². The van der Waals surface area contributed by atoms with E-state index in [1.54, 1.807) is 24.3 Å². The summed E-state index contributed by atoms with van der Waals surface area (Å²) in [6.45, 7) is 2.76. The number of carbonyl (C=O) groups is 3. The number of aliphatic hydroxyl groups is 1. The standard InChI is InChI=1S/C19H20O7/c1-12(21)24-9-3-4-16-18(10-20)25-11-17(19(16)23)14-5-7-15(8-6-14)26-13(2)22/h3-8,10,17,19,23H,9,11H2,1-2H3/b4-3-/t17-,19+/m0/s1. The second kappa shape index (κ2) is 8.96. The number of ether oxygens (including phenoxy) is 3. The highest BCUT2D eigenvalue weighted by molar-refractivity contribution is 5.74. The fourth-order valence-corrected chi connectivity index (χ4v) is 2.57. The van der Waals surface area contributed by atoms with Crippen LogP contribution >= 0.6 is 0 Å². The summed E-state index contributed by atoms with van der Waals surface area (Å²) in [4.78, 5) is 32.9. The minimum atomic E-state index is -0.975. The number of aliphatic hydroxyl groups excluding tert-OH is 1. The molecule has 26 heavy (non-hydrogen) atoms. The zero-order chi connectivity index (χ0) is 19.1. The van der Waals surface area contributed by atoms with Crippen LogP contribution in [0, 0.1) is 0 Å². The lowest BCUT2D eigenvalue weighted by Gasteiger charge is -2.30. The van der Waals surface area contributed by atoms with Crippen LogP contribution in [0.2, 0.25) is 0 Å². The smallest absolute Gasteiger partial charge is 0.308 e. The van der Waals surface area contributed by atoms with Gasteiger partial charge in [-0.05, 0) is 23.8 Å². The third kappa shape index (κ3) is 5.03. The molecule has 0 aliphatic carbocycles. The monoisotopic (exact) mass is 360 g/mol. The van der Waals surface area contributed by atoms with Crippen molar-refractivity contribution in [3.05, 3.63) is 53.3 Å². The Balaban J connectivity index is 2.17. The summed E-state index contributed by atoms with van der Waals surface area (Å²) in [5.41, 5.74) is 1.08. The second-order valence-electron chi connectivity index (χ2n) is 5.67. The average molecular weight is 360 g/mol. The molecule has 0 fully saturated rings. The van der Waals surface area contributed by atoms with Gasteiger partial charge in [-0.3, -0.25) is 14.4 Å². The van der Waals surface area contributed by atoms with Crippen LogP contribution in [0.5, 0.6) is 5.75 Å². The van der Waals surface area contributed by atoms with Crippen molar-refractivity contribution in [3.63, 3.8) is 0 Å². The molecule has 0 saturated heterocycles. The van der Waals surface area contributed by atoms with Gasteiger partial charge in [0.05, 0.1) is 12.7 Å². The van der Waals surface area contributed by atoms with E-state index in [1.807, 2.05) is 0 Å². The first-order chi connectivity index (χ1) is 12.4. The predicted molar refractivity (Wildman–Crippen MR) is 91.3 cm³/mol. The normalized spacial score (nSPS) is 19.8. The van der Waals surface area contributed by atoms with Gasteiger partial charge < -0.3 is 19.3 Å². The van der Waals surface area contributed by atoms with E-state index < -0.39 is 24.0 Å². The number of benzene rings is 1. The third-order valence-corrected chi connectivity index (χ3v) is 3.76. The van der Waals surface area contributed by atoms with Crippen LogP contribution in [-0.4, -0.2) is 42.6 Å². The molecule has 1 aromatic rings. The Labute approximate surface area is 150 Å². The van der Waals surface area contributed by atoms with Gasteiger partial charge in [0, 0.05) is 25.3 Å². The van der Waals surface area contributed by atoms with Crippen molar-refractivity contribution < 1.29 is 33.7 Å². The predicted octanol–water partition coefficient (Wildman–Crippen LogP) is 1.66. The molecule has 1 aliphatic rings. The maximum absolute atomic E-state index is 11.2. The minimum absolute atomic E-state index is 0.0272. The van der Waals surface area contributed by atoms with Crippen LogP contribution in [-0.2, 0) is 23.9 Å². The highest BCUT2D eigenvalue weighted by atomic mass is 16.5. The molecule has 0 spiro atoms. The first-order valence-electron chi connectivity index (χ1n) is 8.01. The number of aldehydes is 1. The quantitative estimate of drug-likeness (QED) is 0.468. The summed E-state index contributed by atoms with van der Waals surface area (Å²) in [7, 11) is 0. The molecule has 0 aromatic heterocycles. The van der Waals surface area contributed by atoms with Crippen LogP contribution in [0.25, 0.3) is 0 Å². The maximum Gasteiger partial charge on any atom is 0.308 e. The van der Waals surface area contributed by atoms with Crippen LogP contribution < -0.4 is 4.74 Å². The molecule has 7 nitrogen and oxygen atoms in total. The molecule has 1 aromatic carbocycles. The Hall–Kier alpha value is -2.93. The molecule has 1 N–H and O–H groups in total. The number of hydrogen-bond donors (Lipinski definition) is 1. The van der Waals surface area contributed by atoms with Crippen molar-refractivity contribution in [1.82, 2.24) is 0 Å². The molecule has 0 bridgehead atoms. The van der Waals surface area contributed by atoms with E-state index >= 15 is 0 Å². The van der Waals surface area contributed by atoms with Gasteiger partial charge in [-0.25, -0.2) is 0 Å². The molecular weight excluding hydrogens is 340 g/mol. The molecule has 2 rings (SSSR count). The lowest BCUT2D eigenvalue weighted by Crippen LogP contribution is -2.30. The van der Waals surface area contributed by atoms with Crippen molar-refractivity contribution in [2.24, 2.45) is 0 Å². The van der Waals surface area contributed by atoms with Crippen LogP contribution in [0.3, 0.4) is 0 Å². The fourth-order valence-electron chi connectivity index (χ4n) is 2.57. The number of rotatable bonds is 6. The fraction of sp³-hybridized carbons (Fsp3) is 0.316. The van der Waals surface area contributed by atoms with Gasteiger partial charge in [0.15, 0.2) is 12.0 Å². The van der Waals surface area contributed by atoms with Gasteiger partial charge in [0.25, 0.3) is 0 Å². The topological polar surface area (TPSA) is 99.1 Å². The summed E-state index contributed by atoms with van der Waals surface area (Å²) in [6.07, 6.45) is 2.60. The average Bonchev–Trinajstić information content (AvgIpc) is 2.59. The number of carbonyl (C=O) groups excluding carboxylic acids is 3. The van der Waals surface area contributed by atoms with Crippen LogP contribution in [0.4, 0.5) is 0 Å². The van der Waals surface area contributed by atoms with Gasteiger partial charge in [-0.1, -0.05) is 18.2 Å². The number of allylic oxidation sites excluding steroid dienone is 1. The van der Waals surface area contributed by atoms with Crippen molar-refractivity contribution in [1.29, 1.82) is 0 Å². The van der Waals surface area contributed by atoms with E-state index in [9.17, 15) is 19.5 Å². The zero-order valence-corrected chi connectivity index (χ0v) is 14.5. The minimum Gasteiger partial charge on any atom is -0.489 e. The first-order valence-corrected chi connectivity index (χ1v) is 8.01. The Bertz CT molecular complexity index is 731. The largest absolute Gasteiger partial charge is 0.489 e. The highest BCUT2D eigenvalue weighted by Crippen LogP contribution is 2.32. The van der Waals surface area contributed by atoms with Crippen LogP contribution in [0.1, 0.15) is 25.3 Å². The molecule has 7 heteroatoms. The second-order valence-corrected chi connectivity index (χ2v) is 5.67. The molecule has 2 atom stereocenters. The molecule has 138 valence electrons. The Morgan fingerprint density at radius 3 is 2.50 bits per heavy atom. The van der Waals surface area contributed by atoms with E-state index in [-0.39, 0.29) is 19.0 Å². The number of esters is 2. The Kier molecular flexibility index (Phi) is 6.68. The Morgan fingerprint density at radius 2 is 1.92 bits per heavy atom. The van der Waals surface area contributed by atoms with Gasteiger partial charge in [-0.2, -0.15) is 0 Å². The maximum atomic E-state index is 11.2. The molecule has 0 radical (unpaired) electrons. The molecular formula is C19H20O7. The van der Waals surface area contributed by atoms with E-state index in [1.165, 1.54) is 26.0 Å². The van der Waals surface area contributed by atoms with Gasteiger partial charge in [-0.15, -0.1) is 0 Å². The van der Waals surface area contributed by atoms with E-state index in [2.05, 4.69) is 0 Å². The number of hydrogen-bond acceptors (Lipinski definition) is 7. The zero-order valence-electron chi connectivity index (χ0n) is 14.5. The summed E-state index contributed by atoms with van der Waals surface area (Å²) in [6, 6.07) is 6.69. The van der Waals surface area contributed by atoms with E-state index in [0.29, 0.717) is 17.6 Å². The van der Waals surface area contributed by atoms with Gasteiger partial charge >= 0.3 is 11.9 Å². The molecule has 0 saturated carbocycles. The summed E-state index contributed by atoms with van der Waals surface area (Å²) >= 11 is 0. The molecule has 0 amide bonds. The van der Waals surface area contributed by atoms with Crippen LogP contribution in [0.15, 0.2) is 47.7 Å². The lowest BCUT2D eigenvalue weighted by atomic mass is 9.87. The lowest BCUT2D eigenvalue weighted by molar-refractivity contribution is -0.139. The van der Waals surface area contributed by atoms with Crippen molar-refractivity contribution in [2.75, 3.05) is 13.2 Å². The molecule has 0 unspecified atom stereocenters. The van der Waals surface area contributed by atoms with E-state index in [4.69, 9.17) is 14.2 Å². The first kappa shape index (κ1) is 19.4. The Morgan fingerprint density at radius 1 is 1.23 bits per heavy atom. The van der Waals surface area contributed by atoms with Gasteiger partial charge in [0.2, 0.25) is 0 Å². The van der Waals surface area contributed by atoms with Crippen molar-refractivity contribution in [3.8, 4) is 5.75 Å². The summed E-state index contributed by atoms with van der Waals surface area (Å²) in [5, 5.41) is 10.7. The third-order valence-electron chi connectivity index (χ3n) is 3.76. The highest BCUT2D eigenvalue weighted by Gasteiger charge is 2.31. The SMILES string of the molecule is CC(=O)OC/C=C\C1=C(C=O)OC[C@@H](c2ccc(OC(C)=O)cc2)[C@@H]1O. The van der Waals surface area contributed by atoms with E-state index in [0.717, 1.165) is 5.56 Å². The van der Waals surface area contributed by atoms with Crippen molar-refractivity contribution in [2.45, 2.75) is 25.9 Å². The van der Waals surface area contributed by atoms with Crippen molar-refractivity contribution >= 4 is 18.2 Å². The summed E-state index contributed by atoms with van der Waals surface area (Å²) in [5.74, 6) is -0.802. The molecule has 1 aliphatic heterocycles. The molecule has 1 heterocycles.